The summed E-state index contributed by atoms with van der Waals surface area (Å²) in [4.78, 5) is 29.0. The first-order valence-electron chi connectivity index (χ1n) is 7.16. The predicted molar refractivity (Wildman–Crippen MR) is 92.4 cm³/mol. The molecule has 0 aliphatic heterocycles. The molecule has 0 aliphatic carbocycles. The van der Waals surface area contributed by atoms with E-state index < -0.39 is 5.91 Å². The van der Waals surface area contributed by atoms with Crippen LogP contribution in [0.2, 0.25) is 0 Å². The second-order valence-corrected chi connectivity index (χ2v) is 6.09. The molecule has 3 rings (SSSR count). The van der Waals surface area contributed by atoms with E-state index in [4.69, 9.17) is 0 Å². The maximum Gasteiger partial charge on any atom is 0.277 e. The van der Waals surface area contributed by atoms with Crippen molar-refractivity contribution in [3.8, 4) is 0 Å². The first kappa shape index (κ1) is 15.9. The fourth-order valence-corrected chi connectivity index (χ4v) is 2.62. The number of aryl methyl sites for hydroxylation is 2. The number of aromatic nitrogens is 3. The zero-order chi connectivity index (χ0) is 17.1. The summed E-state index contributed by atoms with van der Waals surface area (Å²) in [6.07, 6.45) is 1.67. The highest BCUT2D eigenvalue weighted by Gasteiger charge is 2.16. The second-order valence-electron chi connectivity index (χ2n) is 5.14. The summed E-state index contributed by atoms with van der Waals surface area (Å²) in [6.45, 7) is 1.92. The number of anilines is 2. The minimum atomic E-state index is -0.390. The third kappa shape index (κ3) is 3.49. The normalized spacial score (nSPS) is 10.4. The Morgan fingerprint density at radius 3 is 2.67 bits per heavy atom. The number of hydrogen-bond acceptors (Lipinski definition) is 5. The van der Waals surface area contributed by atoms with Gasteiger partial charge in [0.05, 0.1) is 4.88 Å². The van der Waals surface area contributed by atoms with Crippen LogP contribution in [0.1, 0.15) is 25.7 Å². The summed E-state index contributed by atoms with van der Waals surface area (Å²) in [6, 6.07) is 8.63. The molecule has 0 saturated carbocycles. The standard InChI is InChI=1S/C16H15N5O2S/c1-10-5-6-13(17-9-10)18-15(22)11-8-14(21(2)20-11)19-16(23)12-4-3-7-24-12/h3-9H,1-2H3,(H,19,23)(H,17,18,22). The molecule has 0 bridgehead atoms. The molecule has 24 heavy (non-hydrogen) atoms. The van der Waals surface area contributed by atoms with Crippen LogP contribution in [-0.4, -0.2) is 26.6 Å². The number of carbonyl (C=O) groups excluding carboxylic acids is 2. The lowest BCUT2D eigenvalue weighted by atomic mass is 10.3. The Balaban J connectivity index is 1.72. The summed E-state index contributed by atoms with van der Waals surface area (Å²) in [5.41, 5.74) is 1.20. The van der Waals surface area contributed by atoms with Gasteiger partial charge in [0.2, 0.25) is 0 Å². The zero-order valence-electron chi connectivity index (χ0n) is 13.1. The zero-order valence-corrected chi connectivity index (χ0v) is 13.9. The maximum atomic E-state index is 12.2. The van der Waals surface area contributed by atoms with Crippen LogP contribution in [-0.2, 0) is 7.05 Å². The summed E-state index contributed by atoms with van der Waals surface area (Å²) >= 11 is 1.34. The third-order valence-electron chi connectivity index (χ3n) is 3.25. The monoisotopic (exact) mass is 341 g/mol. The summed E-state index contributed by atoms with van der Waals surface area (Å²) < 4.78 is 1.45. The van der Waals surface area contributed by atoms with Crippen molar-refractivity contribution in [2.24, 2.45) is 7.05 Å². The van der Waals surface area contributed by atoms with Gasteiger partial charge < -0.3 is 10.6 Å². The van der Waals surface area contributed by atoms with Crippen LogP contribution in [0.15, 0.2) is 41.9 Å². The molecule has 3 aromatic rings. The molecular weight excluding hydrogens is 326 g/mol. The Bertz CT molecular complexity index is 869. The second kappa shape index (κ2) is 6.63. The Morgan fingerprint density at radius 2 is 2.00 bits per heavy atom. The van der Waals surface area contributed by atoms with Gasteiger partial charge in [-0.3, -0.25) is 14.3 Å². The molecule has 0 unspecified atom stereocenters. The van der Waals surface area contributed by atoms with Crippen molar-refractivity contribution in [2.45, 2.75) is 6.92 Å². The van der Waals surface area contributed by atoms with Gasteiger partial charge in [-0.15, -0.1) is 11.3 Å². The first-order chi connectivity index (χ1) is 11.5. The number of carbonyl (C=O) groups is 2. The molecule has 2 amide bonds. The Hall–Kier alpha value is -3.00. The van der Waals surface area contributed by atoms with Crippen molar-refractivity contribution >= 4 is 34.8 Å². The van der Waals surface area contributed by atoms with Gasteiger partial charge in [-0.1, -0.05) is 12.1 Å². The van der Waals surface area contributed by atoms with Gasteiger partial charge in [0.1, 0.15) is 11.6 Å². The van der Waals surface area contributed by atoms with Crippen LogP contribution in [0.4, 0.5) is 11.6 Å². The molecule has 3 aromatic heterocycles. The Labute approximate surface area is 142 Å². The highest BCUT2D eigenvalue weighted by molar-refractivity contribution is 7.12. The Kier molecular flexibility index (Phi) is 4.39. The number of rotatable bonds is 4. The molecule has 7 nitrogen and oxygen atoms in total. The number of hydrogen-bond donors (Lipinski definition) is 2. The topological polar surface area (TPSA) is 88.9 Å². The van der Waals surface area contributed by atoms with Crippen LogP contribution in [0, 0.1) is 6.92 Å². The van der Waals surface area contributed by atoms with Crippen LogP contribution < -0.4 is 10.6 Å². The average molecular weight is 341 g/mol. The number of nitrogens with one attached hydrogen (secondary N) is 2. The van der Waals surface area contributed by atoms with Crippen molar-refractivity contribution < 1.29 is 9.59 Å². The first-order valence-corrected chi connectivity index (χ1v) is 8.04. The van der Waals surface area contributed by atoms with Crippen molar-refractivity contribution in [1.29, 1.82) is 0 Å². The van der Waals surface area contributed by atoms with Gasteiger partial charge in [-0.2, -0.15) is 5.10 Å². The van der Waals surface area contributed by atoms with Crippen LogP contribution in [0.5, 0.6) is 0 Å². The fraction of sp³-hybridized carbons (Fsp3) is 0.125. The minimum absolute atomic E-state index is 0.196. The van der Waals surface area contributed by atoms with Gasteiger partial charge in [0, 0.05) is 19.3 Å². The molecule has 0 atom stereocenters. The number of pyridine rings is 1. The molecule has 3 heterocycles. The molecule has 2 N–H and O–H groups in total. The van der Waals surface area contributed by atoms with Gasteiger partial charge >= 0.3 is 0 Å². The maximum absolute atomic E-state index is 12.2. The molecule has 8 heteroatoms. The molecular formula is C16H15N5O2S. The van der Waals surface area contributed by atoms with E-state index in [1.165, 1.54) is 22.1 Å². The summed E-state index contributed by atoms with van der Waals surface area (Å²) in [7, 11) is 1.66. The lowest BCUT2D eigenvalue weighted by Crippen LogP contribution is -2.14. The fourth-order valence-electron chi connectivity index (χ4n) is 2.00. The molecule has 0 saturated heterocycles. The molecule has 0 aromatic carbocycles. The largest absolute Gasteiger partial charge is 0.306 e. The Morgan fingerprint density at radius 1 is 1.17 bits per heavy atom. The lowest BCUT2D eigenvalue weighted by Gasteiger charge is -2.02. The highest BCUT2D eigenvalue weighted by atomic mass is 32.1. The van der Waals surface area contributed by atoms with Crippen LogP contribution in [0.3, 0.4) is 0 Å². The lowest BCUT2D eigenvalue weighted by molar-refractivity contribution is 0.101. The number of amides is 2. The van der Waals surface area contributed by atoms with E-state index in [9.17, 15) is 9.59 Å². The van der Waals surface area contributed by atoms with Crippen LogP contribution >= 0.6 is 11.3 Å². The van der Waals surface area contributed by atoms with Crippen LogP contribution in [0.25, 0.3) is 0 Å². The van der Waals surface area contributed by atoms with E-state index in [0.29, 0.717) is 16.5 Å². The van der Waals surface area contributed by atoms with E-state index in [1.54, 1.807) is 31.4 Å². The van der Waals surface area contributed by atoms with Gasteiger partial charge in [-0.25, -0.2) is 4.98 Å². The van der Waals surface area contributed by atoms with E-state index >= 15 is 0 Å². The quantitative estimate of drug-likeness (QED) is 0.763. The average Bonchev–Trinajstić information content (AvgIpc) is 3.20. The third-order valence-corrected chi connectivity index (χ3v) is 4.12. The summed E-state index contributed by atoms with van der Waals surface area (Å²) in [5, 5.41) is 11.4. The van der Waals surface area contributed by atoms with E-state index in [2.05, 4.69) is 20.7 Å². The van der Waals surface area contributed by atoms with E-state index in [1.807, 2.05) is 18.4 Å². The van der Waals surface area contributed by atoms with E-state index in [-0.39, 0.29) is 11.6 Å². The molecule has 122 valence electrons. The van der Waals surface area contributed by atoms with Crippen molar-refractivity contribution in [1.82, 2.24) is 14.8 Å². The van der Waals surface area contributed by atoms with Crippen molar-refractivity contribution in [3.63, 3.8) is 0 Å². The smallest absolute Gasteiger partial charge is 0.277 e. The molecule has 0 radical (unpaired) electrons. The van der Waals surface area contributed by atoms with Crippen molar-refractivity contribution in [2.75, 3.05) is 10.6 Å². The predicted octanol–water partition coefficient (Wildman–Crippen LogP) is 2.69. The van der Waals surface area contributed by atoms with Gasteiger partial charge in [-0.05, 0) is 30.0 Å². The van der Waals surface area contributed by atoms with Gasteiger partial charge in [0.25, 0.3) is 11.8 Å². The number of nitrogens with zero attached hydrogens (tertiary/aromatic N) is 3. The molecule has 0 fully saturated rings. The van der Waals surface area contributed by atoms with E-state index in [0.717, 1.165) is 5.56 Å². The van der Waals surface area contributed by atoms with Gasteiger partial charge in [0.15, 0.2) is 5.69 Å². The highest BCUT2D eigenvalue weighted by Crippen LogP contribution is 2.15. The minimum Gasteiger partial charge on any atom is -0.306 e. The SMILES string of the molecule is Cc1ccc(NC(=O)c2cc(NC(=O)c3cccs3)n(C)n2)nc1. The molecule has 0 aliphatic rings. The van der Waals surface area contributed by atoms with Crippen molar-refractivity contribution in [3.05, 3.63) is 58.0 Å². The summed E-state index contributed by atoms with van der Waals surface area (Å²) in [5.74, 6) is 0.259. The molecule has 0 spiro atoms. The number of thiophene rings is 1.